The molecule has 0 aliphatic heterocycles. The fraction of sp³-hybridized carbons (Fsp3) is 0.192. The van der Waals surface area contributed by atoms with Gasteiger partial charge in [0, 0.05) is 28.2 Å². The molecule has 0 aliphatic rings. The van der Waals surface area contributed by atoms with Crippen molar-refractivity contribution in [1.29, 1.82) is 0 Å². The number of nitrogens with one attached hydrogen (secondary N) is 2. The number of hydrogen-bond acceptors (Lipinski definition) is 5. The fourth-order valence-corrected chi connectivity index (χ4v) is 4.11. The Morgan fingerprint density at radius 3 is 2.47 bits per heavy atom. The summed E-state index contributed by atoms with van der Waals surface area (Å²) < 4.78 is 6.68. The van der Waals surface area contributed by atoms with Gasteiger partial charge in [-0.05, 0) is 55.3 Å². The molecule has 0 heterocycles. The molecule has 3 N–H and O–H groups in total. The Kier molecular flexibility index (Phi) is 8.79. The lowest BCUT2D eigenvalue weighted by Gasteiger charge is -2.17. The quantitative estimate of drug-likeness (QED) is 0.202. The van der Waals surface area contributed by atoms with Crippen molar-refractivity contribution in [2.45, 2.75) is 26.7 Å². The van der Waals surface area contributed by atoms with Crippen molar-refractivity contribution in [3.05, 3.63) is 81.8 Å². The largest absolute Gasteiger partial charge is 0.493 e. The number of hydrogen-bond donors (Lipinski definition) is 3. The predicted molar refractivity (Wildman–Crippen MR) is 143 cm³/mol. The second-order valence-corrected chi connectivity index (χ2v) is 8.87. The van der Waals surface area contributed by atoms with Gasteiger partial charge in [0.15, 0.2) is 0 Å². The van der Waals surface area contributed by atoms with Crippen molar-refractivity contribution < 1.29 is 19.4 Å². The van der Waals surface area contributed by atoms with Crippen molar-refractivity contribution in [3.63, 3.8) is 0 Å². The van der Waals surface area contributed by atoms with Crippen molar-refractivity contribution in [1.82, 2.24) is 0 Å². The van der Waals surface area contributed by atoms with E-state index < -0.39 is 5.97 Å². The van der Waals surface area contributed by atoms with Crippen LogP contribution in [0.3, 0.4) is 0 Å². The molecule has 34 heavy (non-hydrogen) atoms. The zero-order valence-electron chi connectivity index (χ0n) is 18.9. The molecule has 0 aromatic heterocycles. The van der Waals surface area contributed by atoms with Gasteiger partial charge < -0.3 is 20.5 Å². The van der Waals surface area contributed by atoms with Crippen LogP contribution in [0.4, 0.5) is 17.1 Å². The number of amides is 1. The number of halogens is 1. The SMILES string of the molecule is CCOc1cc(Nc2ccc(Br)cc2NC(=O)CCC(=O)O)ccc1C(=S)c1ccccc1C. The van der Waals surface area contributed by atoms with E-state index in [-0.39, 0.29) is 18.7 Å². The molecule has 0 aliphatic carbocycles. The minimum atomic E-state index is -1.02. The number of aliphatic carboxylic acids is 1. The lowest BCUT2D eigenvalue weighted by molar-refractivity contribution is -0.138. The second-order valence-electron chi connectivity index (χ2n) is 7.54. The van der Waals surface area contributed by atoms with Crippen molar-refractivity contribution in [2.24, 2.45) is 0 Å². The van der Waals surface area contributed by atoms with Gasteiger partial charge in [-0.15, -0.1) is 0 Å². The average molecular weight is 541 g/mol. The molecule has 0 bridgehead atoms. The molecular weight excluding hydrogens is 516 g/mol. The maximum Gasteiger partial charge on any atom is 0.303 e. The number of carboxylic acid groups (broad SMARTS) is 1. The first-order valence-electron chi connectivity index (χ1n) is 10.7. The number of carbonyl (C=O) groups is 2. The number of thiocarbonyl (C=S) groups is 1. The molecule has 0 atom stereocenters. The van der Waals surface area contributed by atoms with Gasteiger partial charge in [-0.1, -0.05) is 52.4 Å². The van der Waals surface area contributed by atoms with Gasteiger partial charge in [0.2, 0.25) is 5.91 Å². The third-order valence-corrected chi connectivity index (χ3v) is 5.95. The van der Waals surface area contributed by atoms with Gasteiger partial charge in [0.05, 0.1) is 29.3 Å². The highest BCUT2D eigenvalue weighted by Gasteiger charge is 2.15. The average Bonchev–Trinajstić information content (AvgIpc) is 2.80. The highest BCUT2D eigenvalue weighted by molar-refractivity contribution is 9.10. The topological polar surface area (TPSA) is 87.7 Å². The van der Waals surface area contributed by atoms with Crippen LogP contribution in [0.1, 0.15) is 36.5 Å². The third-order valence-electron chi connectivity index (χ3n) is 5.02. The molecule has 0 unspecified atom stereocenters. The molecule has 8 heteroatoms. The van der Waals surface area contributed by atoms with Gasteiger partial charge in [-0.3, -0.25) is 9.59 Å². The minimum absolute atomic E-state index is 0.110. The first kappa shape index (κ1) is 25.4. The Labute approximate surface area is 212 Å². The summed E-state index contributed by atoms with van der Waals surface area (Å²) in [6, 6.07) is 19.1. The smallest absolute Gasteiger partial charge is 0.303 e. The van der Waals surface area contributed by atoms with E-state index in [2.05, 4.69) is 26.6 Å². The Morgan fingerprint density at radius 1 is 1.00 bits per heavy atom. The van der Waals surface area contributed by atoms with Crippen LogP contribution in [0.5, 0.6) is 5.75 Å². The predicted octanol–water partition coefficient (Wildman–Crippen LogP) is 6.47. The van der Waals surface area contributed by atoms with E-state index in [9.17, 15) is 9.59 Å². The summed E-state index contributed by atoms with van der Waals surface area (Å²) in [4.78, 5) is 23.7. The highest BCUT2D eigenvalue weighted by atomic mass is 79.9. The molecule has 0 saturated heterocycles. The minimum Gasteiger partial charge on any atom is -0.493 e. The maximum absolute atomic E-state index is 12.2. The van der Waals surface area contributed by atoms with E-state index in [0.29, 0.717) is 28.6 Å². The number of ether oxygens (including phenoxy) is 1. The van der Waals surface area contributed by atoms with E-state index in [1.54, 1.807) is 6.07 Å². The van der Waals surface area contributed by atoms with Crippen LogP contribution in [-0.4, -0.2) is 28.5 Å². The third kappa shape index (κ3) is 6.65. The summed E-state index contributed by atoms with van der Waals surface area (Å²) in [5.74, 6) is -0.739. The summed E-state index contributed by atoms with van der Waals surface area (Å²) in [6.45, 7) is 4.42. The van der Waals surface area contributed by atoms with E-state index in [0.717, 1.165) is 26.9 Å². The van der Waals surface area contributed by atoms with E-state index in [4.69, 9.17) is 22.1 Å². The monoisotopic (exact) mass is 540 g/mol. The number of carbonyl (C=O) groups excluding carboxylic acids is 1. The summed E-state index contributed by atoms with van der Waals surface area (Å²) in [5, 5.41) is 14.9. The summed E-state index contributed by atoms with van der Waals surface area (Å²) >= 11 is 9.19. The van der Waals surface area contributed by atoms with Gasteiger partial charge in [-0.2, -0.15) is 0 Å². The van der Waals surface area contributed by atoms with Crippen LogP contribution < -0.4 is 15.4 Å². The number of carboxylic acids is 1. The van der Waals surface area contributed by atoms with Gasteiger partial charge in [0.25, 0.3) is 0 Å². The molecule has 176 valence electrons. The summed E-state index contributed by atoms with van der Waals surface area (Å²) in [6.07, 6.45) is -0.344. The molecule has 3 aromatic carbocycles. The van der Waals surface area contributed by atoms with Gasteiger partial charge in [0.1, 0.15) is 5.75 Å². The van der Waals surface area contributed by atoms with Crippen molar-refractivity contribution >= 4 is 62.0 Å². The van der Waals surface area contributed by atoms with Crippen LogP contribution in [-0.2, 0) is 9.59 Å². The zero-order chi connectivity index (χ0) is 24.7. The van der Waals surface area contributed by atoms with Crippen LogP contribution in [0.25, 0.3) is 0 Å². The maximum atomic E-state index is 12.2. The van der Waals surface area contributed by atoms with E-state index in [1.165, 1.54) is 0 Å². The Morgan fingerprint density at radius 2 is 1.76 bits per heavy atom. The second kappa shape index (κ2) is 11.8. The molecule has 6 nitrogen and oxygen atoms in total. The highest BCUT2D eigenvalue weighted by Crippen LogP contribution is 2.33. The zero-order valence-corrected chi connectivity index (χ0v) is 21.3. The normalized spacial score (nSPS) is 10.4. The molecule has 0 spiro atoms. The molecule has 0 radical (unpaired) electrons. The summed E-state index contributed by atoms with van der Waals surface area (Å²) in [7, 11) is 0. The fourth-order valence-electron chi connectivity index (χ4n) is 3.35. The van der Waals surface area contributed by atoms with Crippen LogP contribution >= 0.6 is 28.1 Å². The van der Waals surface area contributed by atoms with Crippen molar-refractivity contribution in [2.75, 3.05) is 17.2 Å². The number of aryl methyl sites for hydroxylation is 1. The molecule has 3 aromatic rings. The van der Waals surface area contributed by atoms with E-state index >= 15 is 0 Å². The van der Waals surface area contributed by atoms with Crippen LogP contribution in [0, 0.1) is 6.92 Å². The molecule has 0 fully saturated rings. The first-order valence-corrected chi connectivity index (χ1v) is 11.9. The van der Waals surface area contributed by atoms with Gasteiger partial charge in [-0.25, -0.2) is 0 Å². The van der Waals surface area contributed by atoms with Crippen LogP contribution in [0.2, 0.25) is 0 Å². The Hall–Kier alpha value is -3.23. The number of benzene rings is 3. The summed E-state index contributed by atoms with van der Waals surface area (Å²) in [5.41, 5.74) is 4.84. The van der Waals surface area contributed by atoms with Crippen LogP contribution in [0.15, 0.2) is 65.1 Å². The Balaban J connectivity index is 1.88. The molecule has 1 amide bonds. The standard InChI is InChI=1S/C26H25BrN2O4S/c1-3-33-23-15-18(9-10-20(23)26(34)19-7-5-4-6-16(19)2)28-21-11-8-17(27)14-22(21)29-24(30)12-13-25(31)32/h4-11,14-15,28H,3,12-13H2,1-2H3,(H,29,30)(H,31,32). The number of rotatable bonds is 10. The van der Waals surface area contributed by atoms with Crippen molar-refractivity contribution in [3.8, 4) is 5.75 Å². The van der Waals surface area contributed by atoms with E-state index in [1.807, 2.05) is 68.4 Å². The molecular formula is C26H25BrN2O4S. The lowest BCUT2D eigenvalue weighted by Crippen LogP contribution is -2.14. The molecule has 3 rings (SSSR count). The number of anilines is 3. The lowest BCUT2D eigenvalue weighted by atomic mass is 9.99. The Bertz CT molecular complexity index is 1230. The first-order chi connectivity index (χ1) is 16.3. The van der Waals surface area contributed by atoms with Gasteiger partial charge >= 0.3 is 5.97 Å². The molecule has 0 saturated carbocycles.